The Hall–Kier alpha value is -2.32. The van der Waals surface area contributed by atoms with Gasteiger partial charge in [-0.05, 0) is 48.5 Å². The highest BCUT2D eigenvalue weighted by Gasteiger charge is 2.20. The van der Waals surface area contributed by atoms with Crippen LogP contribution in [0.1, 0.15) is 11.1 Å². The Balaban J connectivity index is 1.56. The fourth-order valence-electron chi connectivity index (χ4n) is 2.99. The minimum absolute atomic E-state index is 0.0909. The number of ether oxygens (including phenoxy) is 1. The van der Waals surface area contributed by atoms with Crippen molar-refractivity contribution in [2.24, 2.45) is 0 Å². The number of hydrogen-bond acceptors (Lipinski definition) is 4. The number of benzene rings is 1. The lowest BCUT2D eigenvalue weighted by Crippen LogP contribution is -2.49. The summed E-state index contributed by atoms with van der Waals surface area (Å²) in [6.45, 7) is 3.13. The number of nitrogens with zero attached hydrogens (tertiary/aromatic N) is 3. The van der Waals surface area contributed by atoms with E-state index in [4.69, 9.17) is 12.2 Å². The van der Waals surface area contributed by atoms with Crippen molar-refractivity contribution < 1.29 is 13.5 Å². The first-order valence-electron chi connectivity index (χ1n) is 8.74. The number of alkyl halides is 2. The van der Waals surface area contributed by atoms with E-state index in [1.807, 2.05) is 24.1 Å². The van der Waals surface area contributed by atoms with Crippen molar-refractivity contribution in [3.8, 4) is 5.75 Å². The molecule has 0 unspecified atom stereocenters. The van der Waals surface area contributed by atoms with Gasteiger partial charge < -0.3 is 15.0 Å². The Kier molecular flexibility index (Phi) is 6.52. The van der Waals surface area contributed by atoms with E-state index >= 15 is 0 Å². The topological polar surface area (TPSA) is 40.6 Å². The number of nitrogens with one attached hydrogen (secondary N) is 1. The molecule has 2 aromatic rings. The third-order valence-corrected chi connectivity index (χ3v) is 4.74. The molecule has 1 N–H and O–H groups in total. The van der Waals surface area contributed by atoms with Crippen LogP contribution < -0.4 is 10.1 Å². The lowest BCUT2D eigenvalue weighted by Gasteiger charge is -2.36. The number of anilines is 1. The summed E-state index contributed by atoms with van der Waals surface area (Å²) in [6.07, 6.45) is 3.64. The highest BCUT2D eigenvalue weighted by molar-refractivity contribution is 7.80. The first kappa shape index (κ1) is 19.4. The maximum absolute atomic E-state index is 12.6. The second-order valence-corrected chi connectivity index (χ2v) is 6.82. The van der Waals surface area contributed by atoms with Crippen LogP contribution >= 0.6 is 12.2 Å². The number of aryl methyl sites for hydroxylation is 1. The van der Waals surface area contributed by atoms with Crippen LogP contribution in [0, 0.1) is 6.92 Å². The molecule has 1 aromatic heterocycles. The number of thiocarbonyl (C=S) groups is 1. The van der Waals surface area contributed by atoms with Gasteiger partial charge in [-0.25, -0.2) is 0 Å². The van der Waals surface area contributed by atoms with Crippen molar-refractivity contribution in [2.75, 3.05) is 31.5 Å². The number of piperazine rings is 1. The largest absolute Gasteiger partial charge is 0.433 e. The first-order chi connectivity index (χ1) is 13.0. The molecule has 1 fully saturated rings. The summed E-state index contributed by atoms with van der Waals surface area (Å²) in [5.41, 5.74) is 2.57. The van der Waals surface area contributed by atoms with Gasteiger partial charge >= 0.3 is 6.61 Å². The van der Waals surface area contributed by atoms with E-state index in [0.29, 0.717) is 10.8 Å². The Labute approximate surface area is 162 Å². The lowest BCUT2D eigenvalue weighted by molar-refractivity contribution is -0.0493. The molecule has 1 aliphatic rings. The Bertz CT molecular complexity index is 768. The van der Waals surface area contributed by atoms with Gasteiger partial charge in [-0.1, -0.05) is 12.1 Å². The molecular formula is C19H22F2N4OS. The molecule has 3 rings (SSSR count). The number of halogens is 2. The normalized spacial score (nSPS) is 15.0. The summed E-state index contributed by atoms with van der Waals surface area (Å²) >= 11 is 5.48. The molecule has 1 aliphatic heterocycles. The minimum atomic E-state index is -2.88. The molecule has 0 amide bonds. The van der Waals surface area contributed by atoms with Crippen molar-refractivity contribution >= 4 is 23.0 Å². The average molecular weight is 392 g/mol. The van der Waals surface area contributed by atoms with Gasteiger partial charge in [0.05, 0.1) is 5.69 Å². The number of pyridine rings is 1. The summed E-state index contributed by atoms with van der Waals surface area (Å²) in [6, 6.07) is 9.00. The van der Waals surface area contributed by atoms with E-state index in [1.165, 1.54) is 11.6 Å². The molecule has 2 heterocycles. The molecule has 0 bridgehead atoms. The molecule has 0 spiro atoms. The molecule has 8 heteroatoms. The Morgan fingerprint density at radius 3 is 2.70 bits per heavy atom. The van der Waals surface area contributed by atoms with Crippen molar-refractivity contribution in [3.05, 3.63) is 53.9 Å². The van der Waals surface area contributed by atoms with E-state index in [1.54, 1.807) is 18.3 Å². The van der Waals surface area contributed by atoms with Crippen LogP contribution in [0.15, 0.2) is 42.7 Å². The molecular weight excluding hydrogens is 370 g/mol. The SMILES string of the molecule is Cc1ccc(OC(F)F)c(NC(=S)N2CCN(Cc3cccnc3)CC2)c1. The van der Waals surface area contributed by atoms with Crippen LogP contribution in [0.5, 0.6) is 5.75 Å². The Morgan fingerprint density at radius 2 is 2.04 bits per heavy atom. The van der Waals surface area contributed by atoms with Gasteiger partial charge in [-0.15, -0.1) is 0 Å². The molecule has 1 aromatic carbocycles. The summed E-state index contributed by atoms with van der Waals surface area (Å²) in [4.78, 5) is 8.53. The summed E-state index contributed by atoms with van der Waals surface area (Å²) in [7, 11) is 0. The number of aromatic nitrogens is 1. The van der Waals surface area contributed by atoms with E-state index in [0.717, 1.165) is 38.3 Å². The van der Waals surface area contributed by atoms with Crippen molar-refractivity contribution in [2.45, 2.75) is 20.1 Å². The standard InChI is InChI=1S/C19H22F2N4OS/c1-14-4-5-17(26-18(20)21)16(11-14)23-19(27)25-9-7-24(8-10-25)13-15-3-2-6-22-12-15/h2-6,11-12,18H,7-10,13H2,1H3,(H,23,27). The lowest BCUT2D eigenvalue weighted by atomic mass is 10.2. The second-order valence-electron chi connectivity index (χ2n) is 6.43. The van der Waals surface area contributed by atoms with Gasteiger partial charge in [0.25, 0.3) is 0 Å². The van der Waals surface area contributed by atoms with Gasteiger partial charge in [0.2, 0.25) is 0 Å². The van der Waals surface area contributed by atoms with Gasteiger partial charge in [0.1, 0.15) is 5.75 Å². The monoisotopic (exact) mass is 392 g/mol. The molecule has 27 heavy (non-hydrogen) atoms. The predicted octanol–water partition coefficient (Wildman–Crippen LogP) is 3.51. The van der Waals surface area contributed by atoms with E-state index in [9.17, 15) is 8.78 Å². The molecule has 5 nitrogen and oxygen atoms in total. The van der Waals surface area contributed by atoms with Gasteiger partial charge in [0, 0.05) is 45.1 Å². The first-order valence-corrected chi connectivity index (χ1v) is 9.15. The molecule has 0 aliphatic carbocycles. The maximum atomic E-state index is 12.6. The minimum Gasteiger partial charge on any atom is -0.433 e. The third-order valence-electron chi connectivity index (χ3n) is 4.38. The van der Waals surface area contributed by atoms with Crippen LogP contribution in [0.2, 0.25) is 0 Å². The summed E-state index contributed by atoms with van der Waals surface area (Å²) < 4.78 is 29.8. The van der Waals surface area contributed by atoms with E-state index < -0.39 is 6.61 Å². The Morgan fingerprint density at radius 1 is 1.26 bits per heavy atom. The van der Waals surface area contributed by atoms with Crippen LogP contribution in [-0.4, -0.2) is 52.7 Å². The highest BCUT2D eigenvalue weighted by atomic mass is 32.1. The van der Waals surface area contributed by atoms with Gasteiger partial charge in [-0.3, -0.25) is 9.88 Å². The quantitative estimate of drug-likeness (QED) is 0.786. The van der Waals surface area contributed by atoms with Gasteiger partial charge in [0.15, 0.2) is 5.11 Å². The summed E-state index contributed by atoms with van der Waals surface area (Å²) in [5, 5.41) is 3.58. The zero-order chi connectivity index (χ0) is 19.2. The molecule has 0 radical (unpaired) electrons. The fourth-order valence-corrected chi connectivity index (χ4v) is 3.29. The third kappa shape index (κ3) is 5.58. The van der Waals surface area contributed by atoms with Crippen LogP contribution in [0.25, 0.3) is 0 Å². The summed E-state index contributed by atoms with van der Waals surface area (Å²) in [5.74, 6) is 0.0909. The predicted molar refractivity (Wildman–Crippen MR) is 105 cm³/mol. The maximum Gasteiger partial charge on any atom is 0.387 e. The van der Waals surface area contributed by atoms with Gasteiger partial charge in [-0.2, -0.15) is 8.78 Å². The smallest absolute Gasteiger partial charge is 0.387 e. The fraction of sp³-hybridized carbons (Fsp3) is 0.368. The van der Waals surface area contributed by atoms with Crippen LogP contribution in [-0.2, 0) is 6.54 Å². The number of rotatable bonds is 5. The molecule has 1 saturated heterocycles. The average Bonchev–Trinajstić information content (AvgIpc) is 2.65. The number of hydrogen-bond donors (Lipinski definition) is 1. The van der Waals surface area contributed by atoms with Crippen LogP contribution in [0.4, 0.5) is 14.5 Å². The molecule has 144 valence electrons. The van der Waals surface area contributed by atoms with Crippen LogP contribution in [0.3, 0.4) is 0 Å². The highest BCUT2D eigenvalue weighted by Crippen LogP contribution is 2.27. The van der Waals surface area contributed by atoms with Crippen molar-refractivity contribution in [3.63, 3.8) is 0 Å². The molecule has 0 saturated carbocycles. The van der Waals surface area contributed by atoms with E-state index in [-0.39, 0.29) is 5.75 Å². The zero-order valence-electron chi connectivity index (χ0n) is 15.1. The molecule has 0 atom stereocenters. The second kappa shape index (κ2) is 9.05. The van der Waals surface area contributed by atoms with E-state index in [2.05, 4.69) is 26.0 Å². The van der Waals surface area contributed by atoms with Crippen molar-refractivity contribution in [1.82, 2.24) is 14.8 Å². The zero-order valence-corrected chi connectivity index (χ0v) is 15.9. The van der Waals surface area contributed by atoms with Crippen molar-refractivity contribution in [1.29, 1.82) is 0 Å².